The van der Waals surface area contributed by atoms with Crippen LogP contribution >= 0.6 is 0 Å². The van der Waals surface area contributed by atoms with Crippen molar-refractivity contribution < 1.29 is 18.3 Å². The van der Waals surface area contributed by atoms with Crippen LogP contribution in [0.4, 0.5) is 5.69 Å². The molecule has 0 spiro atoms. The third-order valence-electron chi connectivity index (χ3n) is 3.20. The van der Waals surface area contributed by atoms with Crippen LogP contribution in [0.3, 0.4) is 0 Å². The number of aliphatic carboxylic acids is 1. The number of carbonyl (C=O) groups is 1. The van der Waals surface area contributed by atoms with Gasteiger partial charge >= 0.3 is 5.97 Å². The first kappa shape index (κ1) is 12.9. The molecule has 0 aromatic heterocycles. The number of aryl methyl sites for hydroxylation is 1. The third kappa shape index (κ3) is 2.20. The second-order valence-electron chi connectivity index (χ2n) is 4.62. The van der Waals surface area contributed by atoms with E-state index in [1.807, 2.05) is 13.0 Å². The van der Waals surface area contributed by atoms with Gasteiger partial charge in [0.1, 0.15) is 0 Å². The standard InChI is InChI=1S/C12H15NO4S/c1-8-3-4-10-11(5-8)18(16,17)7-9(13(10)2)6-12(14)15/h3-5,9H,6-7H2,1-2H3,(H,14,15). The van der Waals surface area contributed by atoms with Gasteiger partial charge in [0, 0.05) is 7.05 Å². The Bertz CT molecular complexity index is 594. The van der Waals surface area contributed by atoms with Crippen molar-refractivity contribution in [1.29, 1.82) is 0 Å². The molecule has 0 aliphatic carbocycles. The van der Waals surface area contributed by atoms with E-state index >= 15 is 0 Å². The number of carboxylic acids is 1. The molecule has 0 bridgehead atoms. The quantitative estimate of drug-likeness (QED) is 0.869. The summed E-state index contributed by atoms with van der Waals surface area (Å²) >= 11 is 0. The summed E-state index contributed by atoms with van der Waals surface area (Å²) in [6.45, 7) is 1.83. The highest BCUT2D eigenvalue weighted by molar-refractivity contribution is 7.91. The Morgan fingerprint density at radius 2 is 2.17 bits per heavy atom. The first-order chi connectivity index (χ1) is 8.31. The van der Waals surface area contributed by atoms with Crippen molar-refractivity contribution in [2.75, 3.05) is 17.7 Å². The van der Waals surface area contributed by atoms with Crippen LogP contribution < -0.4 is 4.90 Å². The monoisotopic (exact) mass is 269 g/mol. The number of benzene rings is 1. The predicted molar refractivity (Wildman–Crippen MR) is 67.7 cm³/mol. The maximum absolute atomic E-state index is 12.1. The fourth-order valence-electron chi connectivity index (χ4n) is 2.21. The summed E-state index contributed by atoms with van der Waals surface area (Å²) in [6, 6.07) is 4.69. The molecule has 0 amide bonds. The Balaban J connectivity index is 2.51. The van der Waals surface area contributed by atoms with Crippen LogP contribution in [-0.4, -0.2) is 38.3 Å². The minimum atomic E-state index is -3.40. The molecule has 1 aromatic carbocycles. The van der Waals surface area contributed by atoms with Gasteiger partial charge in [-0.3, -0.25) is 4.79 Å². The van der Waals surface area contributed by atoms with Crippen molar-refractivity contribution in [1.82, 2.24) is 0 Å². The predicted octanol–water partition coefficient (Wildman–Crippen LogP) is 1.06. The maximum atomic E-state index is 12.1. The normalized spacial score (nSPS) is 21.4. The minimum absolute atomic E-state index is 0.147. The van der Waals surface area contributed by atoms with Gasteiger partial charge in [0.15, 0.2) is 9.84 Å². The van der Waals surface area contributed by atoms with Gasteiger partial charge in [-0.25, -0.2) is 8.42 Å². The molecule has 18 heavy (non-hydrogen) atoms. The molecule has 6 heteroatoms. The molecule has 1 N–H and O–H groups in total. The van der Waals surface area contributed by atoms with Gasteiger partial charge in [0.2, 0.25) is 0 Å². The van der Waals surface area contributed by atoms with Crippen LogP contribution in [0.15, 0.2) is 23.1 Å². The number of fused-ring (bicyclic) bond motifs is 1. The summed E-state index contributed by atoms with van der Waals surface area (Å²) in [5.74, 6) is -1.13. The van der Waals surface area contributed by atoms with Crippen molar-refractivity contribution in [2.45, 2.75) is 24.3 Å². The number of hydrogen-bond donors (Lipinski definition) is 1. The second kappa shape index (κ2) is 4.28. The van der Waals surface area contributed by atoms with Crippen molar-refractivity contribution in [2.24, 2.45) is 0 Å². The highest BCUT2D eigenvalue weighted by Crippen LogP contribution is 2.33. The van der Waals surface area contributed by atoms with Crippen LogP contribution in [0.2, 0.25) is 0 Å². The van der Waals surface area contributed by atoms with E-state index in [0.29, 0.717) is 10.6 Å². The van der Waals surface area contributed by atoms with Gasteiger partial charge in [-0.1, -0.05) is 6.07 Å². The molecule has 0 fully saturated rings. The molecule has 1 aliphatic rings. The Morgan fingerprint density at radius 3 is 2.78 bits per heavy atom. The molecular weight excluding hydrogens is 254 g/mol. The zero-order valence-corrected chi connectivity index (χ0v) is 11.1. The summed E-state index contributed by atoms with van der Waals surface area (Å²) in [5, 5.41) is 8.82. The van der Waals surface area contributed by atoms with Crippen molar-refractivity contribution in [3.05, 3.63) is 23.8 Å². The van der Waals surface area contributed by atoms with E-state index in [4.69, 9.17) is 5.11 Å². The SMILES string of the molecule is Cc1ccc2c(c1)S(=O)(=O)CC(CC(=O)O)N2C. The van der Waals surface area contributed by atoms with Gasteiger partial charge in [0.05, 0.1) is 28.8 Å². The van der Waals surface area contributed by atoms with Crippen molar-refractivity contribution in [3.8, 4) is 0 Å². The van der Waals surface area contributed by atoms with Crippen LogP contribution in [0, 0.1) is 6.92 Å². The Labute approximate surface area is 106 Å². The lowest BCUT2D eigenvalue weighted by Gasteiger charge is -2.35. The molecule has 0 saturated carbocycles. The molecule has 98 valence electrons. The number of sulfone groups is 1. The molecular formula is C12H15NO4S. The zero-order valence-electron chi connectivity index (χ0n) is 10.3. The number of nitrogens with zero attached hydrogens (tertiary/aromatic N) is 1. The van der Waals surface area contributed by atoms with E-state index in [1.54, 1.807) is 24.1 Å². The Kier molecular flexibility index (Phi) is 3.06. The Hall–Kier alpha value is -1.56. The van der Waals surface area contributed by atoms with E-state index in [2.05, 4.69) is 0 Å². The van der Waals surface area contributed by atoms with Crippen LogP contribution in [0.1, 0.15) is 12.0 Å². The number of hydrogen-bond acceptors (Lipinski definition) is 4. The first-order valence-corrected chi connectivity index (χ1v) is 7.24. The summed E-state index contributed by atoms with van der Waals surface area (Å²) in [5.41, 5.74) is 1.46. The highest BCUT2D eigenvalue weighted by Gasteiger charge is 2.34. The summed E-state index contributed by atoms with van der Waals surface area (Å²) in [7, 11) is -1.66. The molecule has 1 heterocycles. The molecule has 1 unspecified atom stereocenters. The Morgan fingerprint density at radius 1 is 1.50 bits per heavy atom. The summed E-state index contributed by atoms with van der Waals surface area (Å²) in [4.78, 5) is 12.8. The lowest BCUT2D eigenvalue weighted by atomic mass is 10.1. The van der Waals surface area contributed by atoms with Crippen LogP contribution in [0.5, 0.6) is 0 Å². The summed E-state index contributed by atoms with van der Waals surface area (Å²) < 4.78 is 24.3. The second-order valence-corrected chi connectivity index (χ2v) is 6.62. The molecule has 5 nitrogen and oxygen atoms in total. The third-order valence-corrected chi connectivity index (χ3v) is 5.02. The van der Waals surface area contributed by atoms with Crippen molar-refractivity contribution in [3.63, 3.8) is 0 Å². The van der Waals surface area contributed by atoms with E-state index < -0.39 is 21.8 Å². The molecule has 1 aromatic rings. The molecule has 1 aliphatic heterocycles. The van der Waals surface area contributed by atoms with Gasteiger partial charge < -0.3 is 10.0 Å². The average Bonchev–Trinajstić information content (AvgIpc) is 2.24. The number of rotatable bonds is 2. The lowest BCUT2D eigenvalue weighted by molar-refractivity contribution is -0.137. The fraction of sp³-hybridized carbons (Fsp3) is 0.417. The first-order valence-electron chi connectivity index (χ1n) is 5.59. The highest BCUT2D eigenvalue weighted by atomic mass is 32.2. The fourth-order valence-corrected chi connectivity index (χ4v) is 4.13. The maximum Gasteiger partial charge on any atom is 0.305 e. The molecule has 0 saturated heterocycles. The van der Waals surface area contributed by atoms with Crippen molar-refractivity contribution >= 4 is 21.5 Å². The van der Waals surface area contributed by atoms with Gasteiger partial charge in [0.25, 0.3) is 0 Å². The van der Waals surface area contributed by atoms with Gasteiger partial charge in [-0.05, 0) is 24.6 Å². The van der Waals surface area contributed by atoms with Crippen LogP contribution in [0.25, 0.3) is 0 Å². The topological polar surface area (TPSA) is 74.7 Å². The zero-order chi connectivity index (χ0) is 13.5. The largest absolute Gasteiger partial charge is 0.481 e. The number of anilines is 1. The molecule has 0 radical (unpaired) electrons. The summed E-state index contributed by atoms with van der Waals surface area (Å²) in [6.07, 6.45) is -0.178. The van der Waals surface area contributed by atoms with E-state index in [-0.39, 0.29) is 12.2 Å². The minimum Gasteiger partial charge on any atom is -0.481 e. The van der Waals surface area contributed by atoms with E-state index in [0.717, 1.165) is 5.56 Å². The average molecular weight is 269 g/mol. The number of carboxylic acid groups (broad SMARTS) is 1. The molecule has 1 atom stereocenters. The van der Waals surface area contributed by atoms with E-state index in [1.165, 1.54) is 0 Å². The smallest absolute Gasteiger partial charge is 0.305 e. The van der Waals surface area contributed by atoms with E-state index in [9.17, 15) is 13.2 Å². The molecule has 2 rings (SSSR count). The lowest BCUT2D eigenvalue weighted by Crippen LogP contribution is -2.43. The van der Waals surface area contributed by atoms with Crippen LogP contribution in [-0.2, 0) is 14.6 Å². The van der Waals surface area contributed by atoms with Gasteiger partial charge in [-0.2, -0.15) is 0 Å². The van der Waals surface area contributed by atoms with Gasteiger partial charge in [-0.15, -0.1) is 0 Å².